The number of rotatable bonds is 7. The fourth-order valence-corrected chi connectivity index (χ4v) is 3.77. The van der Waals surface area contributed by atoms with Crippen LogP contribution >= 0.6 is 11.3 Å². The van der Waals surface area contributed by atoms with Crippen molar-refractivity contribution in [2.24, 2.45) is 0 Å². The zero-order valence-corrected chi connectivity index (χ0v) is 19.4. The number of ether oxygens (including phenoxy) is 3. The van der Waals surface area contributed by atoms with E-state index < -0.39 is 37.0 Å². The molecular weight excluding hydrogens is 436 g/mol. The predicted molar refractivity (Wildman–Crippen MR) is 119 cm³/mol. The molecule has 0 fully saturated rings. The summed E-state index contributed by atoms with van der Waals surface area (Å²) in [6, 6.07) is 7.08. The highest BCUT2D eigenvalue weighted by molar-refractivity contribution is 7.18. The zero-order valence-electron chi connectivity index (χ0n) is 18.6. The lowest BCUT2D eigenvalue weighted by molar-refractivity contribution is -0.143. The minimum atomic E-state index is -0.771. The molecule has 0 spiro atoms. The molecule has 0 aliphatic carbocycles. The summed E-state index contributed by atoms with van der Waals surface area (Å²) in [5.41, 5.74) is 7.29. The van der Waals surface area contributed by atoms with Gasteiger partial charge in [-0.15, -0.1) is 11.3 Å². The lowest BCUT2D eigenvalue weighted by Crippen LogP contribution is -2.30. The Balaban J connectivity index is 2.03. The number of thiophene rings is 1. The van der Waals surface area contributed by atoms with Gasteiger partial charge >= 0.3 is 17.9 Å². The Morgan fingerprint density at radius 2 is 1.59 bits per heavy atom. The van der Waals surface area contributed by atoms with Crippen molar-refractivity contribution in [2.75, 3.05) is 26.5 Å². The number of benzene rings is 1. The molecule has 172 valence electrons. The molecule has 0 aliphatic heterocycles. The standard InChI is InChI=1S/C22H26N2O7S/c1-22(2,3)13-8-6-12(7-9-13)19(26)24-10-15(25)31-11-14-16(20(27)29-4)18(23)32-17(14)21(28)30-5/h6-9H,10-11,23H2,1-5H3,(H,24,26). The Morgan fingerprint density at radius 3 is 2.12 bits per heavy atom. The van der Waals surface area contributed by atoms with E-state index in [-0.39, 0.29) is 26.4 Å². The van der Waals surface area contributed by atoms with Gasteiger partial charge in [-0.05, 0) is 23.1 Å². The topological polar surface area (TPSA) is 134 Å². The van der Waals surface area contributed by atoms with Gasteiger partial charge in [0, 0.05) is 11.1 Å². The maximum absolute atomic E-state index is 12.3. The largest absolute Gasteiger partial charge is 0.465 e. The van der Waals surface area contributed by atoms with Crippen LogP contribution in [0.25, 0.3) is 0 Å². The fourth-order valence-electron chi connectivity index (χ4n) is 2.79. The summed E-state index contributed by atoms with van der Waals surface area (Å²) >= 11 is 0.829. The average molecular weight is 463 g/mol. The highest BCUT2D eigenvalue weighted by atomic mass is 32.1. The van der Waals surface area contributed by atoms with Gasteiger partial charge in [-0.2, -0.15) is 0 Å². The smallest absolute Gasteiger partial charge is 0.348 e. The lowest BCUT2D eigenvalue weighted by atomic mass is 9.87. The number of anilines is 1. The van der Waals surface area contributed by atoms with Crippen LogP contribution in [0.1, 0.15) is 62.3 Å². The number of esters is 3. The molecule has 0 saturated carbocycles. The van der Waals surface area contributed by atoms with Crippen LogP contribution in [0, 0.1) is 0 Å². The van der Waals surface area contributed by atoms with Crippen LogP contribution in [0.15, 0.2) is 24.3 Å². The molecule has 3 N–H and O–H groups in total. The number of carbonyl (C=O) groups is 4. The van der Waals surface area contributed by atoms with Gasteiger partial charge in [-0.25, -0.2) is 9.59 Å². The normalized spacial score (nSPS) is 10.9. The van der Waals surface area contributed by atoms with Crippen LogP contribution in [0.4, 0.5) is 5.00 Å². The second-order valence-corrected chi connectivity index (χ2v) is 8.86. The Bertz CT molecular complexity index is 1020. The van der Waals surface area contributed by atoms with Gasteiger partial charge in [0.15, 0.2) is 0 Å². The minimum Gasteiger partial charge on any atom is -0.465 e. The van der Waals surface area contributed by atoms with E-state index in [0.29, 0.717) is 5.56 Å². The molecule has 0 saturated heterocycles. The van der Waals surface area contributed by atoms with E-state index in [2.05, 4.69) is 35.6 Å². The van der Waals surface area contributed by atoms with Crippen molar-refractivity contribution in [3.05, 3.63) is 51.4 Å². The van der Waals surface area contributed by atoms with Crippen molar-refractivity contribution >= 4 is 40.2 Å². The molecule has 9 nitrogen and oxygen atoms in total. The average Bonchev–Trinajstić information content (AvgIpc) is 3.10. The summed E-state index contributed by atoms with van der Waals surface area (Å²) in [5, 5.41) is 2.51. The van der Waals surface area contributed by atoms with Gasteiger partial charge in [-0.1, -0.05) is 32.9 Å². The maximum atomic E-state index is 12.3. The molecule has 2 rings (SSSR count). The number of nitrogens with two attached hydrogens (primary N) is 1. The van der Waals surface area contributed by atoms with Gasteiger partial charge in [0.2, 0.25) is 0 Å². The third kappa shape index (κ3) is 5.85. The summed E-state index contributed by atoms with van der Waals surface area (Å²) in [4.78, 5) is 48.5. The summed E-state index contributed by atoms with van der Waals surface area (Å²) in [5.74, 6) is -2.70. The van der Waals surface area contributed by atoms with E-state index >= 15 is 0 Å². The number of nitrogens with one attached hydrogen (secondary N) is 1. The summed E-state index contributed by atoms with van der Waals surface area (Å²) in [6.45, 7) is 5.38. The summed E-state index contributed by atoms with van der Waals surface area (Å²) in [6.07, 6.45) is 0. The molecule has 32 heavy (non-hydrogen) atoms. The number of nitrogen functional groups attached to an aromatic ring is 1. The quantitative estimate of drug-likeness (QED) is 0.474. The molecule has 0 aliphatic rings. The molecule has 1 aromatic carbocycles. The first kappa shape index (κ1) is 24.9. The van der Waals surface area contributed by atoms with Gasteiger partial charge in [0.05, 0.1) is 14.2 Å². The number of amides is 1. The lowest BCUT2D eigenvalue weighted by Gasteiger charge is -2.19. The Morgan fingerprint density at radius 1 is 1.00 bits per heavy atom. The molecule has 0 radical (unpaired) electrons. The van der Waals surface area contributed by atoms with Crippen molar-refractivity contribution < 1.29 is 33.4 Å². The second kappa shape index (κ2) is 10.3. The highest BCUT2D eigenvalue weighted by Gasteiger charge is 2.28. The molecule has 0 unspecified atom stereocenters. The molecule has 1 heterocycles. The van der Waals surface area contributed by atoms with E-state index in [1.165, 1.54) is 7.11 Å². The molecule has 1 amide bonds. The van der Waals surface area contributed by atoms with Gasteiger partial charge < -0.3 is 25.3 Å². The predicted octanol–water partition coefficient (Wildman–Crippen LogP) is 2.67. The Labute approximate surface area is 189 Å². The minimum absolute atomic E-state index is 0.0289. The fraction of sp³-hybridized carbons (Fsp3) is 0.364. The highest BCUT2D eigenvalue weighted by Crippen LogP contribution is 2.33. The first-order valence-corrected chi connectivity index (χ1v) is 10.4. The molecule has 0 bridgehead atoms. The molecular formula is C22H26N2O7S. The zero-order chi connectivity index (χ0) is 24.1. The van der Waals surface area contributed by atoms with Crippen LogP contribution in [0.3, 0.4) is 0 Å². The SMILES string of the molecule is COC(=O)c1sc(N)c(C(=O)OC)c1COC(=O)CNC(=O)c1ccc(C(C)(C)C)cc1. The first-order chi connectivity index (χ1) is 15.0. The maximum Gasteiger partial charge on any atom is 0.348 e. The van der Waals surface area contributed by atoms with Crippen molar-refractivity contribution in [3.63, 3.8) is 0 Å². The van der Waals surface area contributed by atoms with Crippen molar-refractivity contribution in [2.45, 2.75) is 32.8 Å². The van der Waals surface area contributed by atoms with E-state index in [4.69, 9.17) is 10.5 Å². The number of hydrogen-bond acceptors (Lipinski definition) is 9. The molecule has 10 heteroatoms. The Kier molecular flexibility index (Phi) is 7.98. The third-order valence-corrected chi connectivity index (χ3v) is 5.62. The molecule has 1 aromatic heterocycles. The van der Waals surface area contributed by atoms with Gasteiger partial charge in [0.25, 0.3) is 5.91 Å². The number of hydrogen-bond donors (Lipinski definition) is 2. The van der Waals surface area contributed by atoms with Crippen molar-refractivity contribution in [1.29, 1.82) is 0 Å². The summed E-state index contributed by atoms with van der Waals surface area (Å²) in [7, 11) is 2.34. The van der Waals surface area contributed by atoms with Crippen LogP contribution in [0.5, 0.6) is 0 Å². The van der Waals surface area contributed by atoms with E-state index in [1.807, 2.05) is 12.1 Å². The molecule has 0 atom stereocenters. The number of methoxy groups -OCH3 is 2. The number of carbonyl (C=O) groups excluding carboxylic acids is 4. The van der Waals surface area contributed by atoms with Crippen molar-refractivity contribution in [1.82, 2.24) is 5.32 Å². The van der Waals surface area contributed by atoms with Crippen LogP contribution in [-0.4, -0.2) is 44.6 Å². The monoisotopic (exact) mass is 462 g/mol. The van der Waals surface area contributed by atoms with E-state index in [1.54, 1.807) is 12.1 Å². The van der Waals surface area contributed by atoms with Crippen LogP contribution in [-0.2, 0) is 31.0 Å². The molecule has 2 aromatic rings. The first-order valence-electron chi connectivity index (χ1n) is 9.61. The summed E-state index contributed by atoms with van der Waals surface area (Å²) < 4.78 is 14.5. The Hall–Kier alpha value is -3.40. The van der Waals surface area contributed by atoms with Crippen LogP contribution < -0.4 is 11.1 Å². The van der Waals surface area contributed by atoms with Crippen molar-refractivity contribution in [3.8, 4) is 0 Å². The van der Waals surface area contributed by atoms with Gasteiger partial charge in [-0.3, -0.25) is 9.59 Å². The second-order valence-electron chi connectivity index (χ2n) is 7.80. The van der Waals surface area contributed by atoms with Crippen LogP contribution in [0.2, 0.25) is 0 Å². The van der Waals surface area contributed by atoms with E-state index in [9.17, 15) is 19.2 Å². The van der Waals surface area contributed by atoms with Gasteiger partial charge in [0.1, 0.15) is 28.6 Å². The van der Waals surface area contributed by atoms with E-state index in [0.717, 1.165) is 24.0 Å². The third-order valence-electron chi connectivity index (χ3n) is 4.58.